The van der Waals surface area contributed by atoms with Gasteiger partial charge in [0, 0.05) is 33.9 Å². The van der Waals surface area contributed by atoms with Crippen LogP contribution in [0.25, 0.3) is 5.69 Å². The number of hydrogen-bond donors (Lipinski definition) is 1. The SMILES string of the molecule is Cc1ccc(N2C(=S)N[C@@H](c3ccccn3)[C@@H]2c2cccn2-c2cccc(Br)c2)cc1. The van der Waals surface area contributed by atoms with Crippen molar-refractivity contribution in [3.8, 4) is 5.69 Å². The number of benzene rings is 2. The van der Waals surface area contributed by atoms with Crippen LogP contribution in [0.2, 0.25) is 0 Å². The third-order valence-corrected chi connectivity index (χ3v) is 6.39. The molecule has 31 heavy (non-hydrogen) atoms. The summed E-state index contributed by atoms with van der Waals surface area (Å²) >= 11 is 9.44. The Morgan fingerprint density at radius 2 is 1.77 bits per heavy atom. The molecule has 0 spiro atoms. The van der Waals surface area contributed by atoms with E-state index in [9.17, 15) is 0 Å². The average Bonchev–Trinajstić information content (AvgIpc) is 3.39. The lowest BCUT2D eigenvalue weighted by Gasteiger charge is -2.29. The van der Waals surface area contributed by atoms with E-state index >= 15 is 0 Å². The summed E-state index contributed by atoms with van der Waals surface area (Å²) in [5.74, 6) is 0. The van der Waals surface area contributed by atoms with Crippen LogP contribution in [0.5, 0.6) is 0 Å². The molecule has 2 aromatic heterocycles. The predicted octanol–water partition coefficient (Wildman–Crippen LogP) is 6.12. The molecule has 1 saturated heterocycles. The largest absolute Gasteiger partial charge is 0.351 e. The van der Waals surface area contributed by atoms with Crippen LogP contribution in [-0.2, 0) is 0 Å². The molecule has 4 aromatic rings. The van der Waals surface area contributed by atoms with Crippen molar-refractivity contribution in [1.82, 2.24) is 14.9 Å². The van der Waals surface area contributed by atoms with Gasteiger partial charge < -0.3 is 14.8 Å². The van der Waals surface area contributed by atoms with E-state index in [2.05, 4.69) is 109 Å². The first kappa shape index (κ1) is 20.0. The van der Waals surface area contributed by atoms with Crippen LogP contribution in [0, 0.1) is 6.92 Å². The highest BCUT2D eigenvalue weighted by molar-refractivity contribution is 9.10. The van der Waals surface area contributed by atoms with E-state index < -0.39 is 0 Å². The molecule has 2 atom stereocenters. The zero-order valence-corrected chi connectivity index (χ0v) is 19.3. The predicted molar refractivity (Wildman–Crippen MR) is 133 cm³/mol. The van der Waals surface area contributed by atoms with Crippen molar-refractivity contribution in [1.29, 1.82) is 0 Å². The Kier molecular flexibility index (Phi) is 5.34. The molecule has 6 heteroatoms. The van der Waals surface area contributed by atoms with E-state index in [1.54, 1.807) is 0 Å². The van der Waals surface area contributed by atoms with Gasteiger partial charge in [-0.05, 0) is 73.7 Å². The standard InChI is InChI=1S/C25H21BrN4S/c1-17-10-12-19(13-11-17)30-24(23(28-25(30)31)21-8-2-3-14-27-21)22-9-5-15-29(22)20-7-4-6-18(26)16-20/h2-16,23-24H,1H3,(H,28,31)/t23-,24-/m0/s1. The highest BCUT2D eigenvalue weighted by Gasteiger charge is 2.42. The molecule has 0 radical (unpaired) electrons. The van der Waals surface area contributed by atoms with Gasteiger partial charge in [0.15, 0.2) is 5.11 Å². The molecular weight excluding hydrogens is 468 g/mol. The Balaban J connectivity index is 1.67. The van der Waals surface area contributed by atoms with E-state index in [0.29, 0.717) is 5.11 Å². The zero-order valence-electron chi connectivity index (χ0n) is 16.9. The molecular formula is C25H21BrN4S. The van der Waals surface area contributed by atoms with Gasteiger partial charge in [0.1, 0.15) is 6.04 Å². The number of rotatable bonds is 4. The summed E-state index contributed by atoms with van der Waals surface area (Å²) in [6.45, 7) is 2.09. The van der Waals surface area contributed by atoms with Gasteiger partial charge in [-0.1, -0.05) is 45.8 Å². The van der Waals surface area contributed by atoms with Crippen molar-refractivity contribution in [3.05, 3.63) is 113 Å². The minimum Gasteiger partial charge on any atom is -0.351 e. The minimum atomic E-state index is -0.0733. The maximum absolute atomic E-state index is 5.83. The number of anilines is 1. The smallest absolute Gasteiger partial charge is 0.174 e. The van der Waals surface area contributed by atoms with Crippen LogP contribution < -0.4 is 10.2 Å². The molecule has 5 rings (SSSR count). The first-order valence-corrected chi connectivity index (χ1v) is 11.3. The second-order valence-electron chi connectivity index (χ2n) is 7.62. The van der Waals surface area contributed by atoms with Crippen molar-refractivity contribution in [2.24, 2.45) is 0 Å². The van der Waals surface area contributed by atoms with Crippen molar-refractivity contribution in [3.63, 3.8) is 0 Å². The average molecular weight is 489 g/mol. The molecule has 3 heterocycles. The monoisotopic (exact) mass is 488 g/mol. The van der Waals surface area contributed by atoms with Crippen LogP contribution in [0.3, 0.4) is 0 Å². The van der Waals surface area contributed by atoms with E-state index in [1.165, 1.54) is 5.56 Å². The number of thiocarbonyl (C=S) groups is 1. The number of halogens is 1. The Morgan fingerprint density at radius 3 is 2.52 bits per heavy atom. The molecule has 1 fully saturated rings. The number of nitrogens with one attached hydrogen (secondary N) is 1. The Labute approximate surface area is 195 Å². The topological polar surface area (TPSA) is 33.1 Å². The first-order valence-electron chi connectivity index (χ1n) is 10.1. The molecule has 0 saturated carbocycles. The van der Waals surface area contributed by atoms with E-state index in [0.717, 1.165) is 27.2 Å². The Bertz CT molecular complexity index is 1220. The van der Waals surface area contributed by atoms with Crippen LogP contribution in [0.1, 0.15) is 29.0 Å². The van der Waals surface area contributed by atoms with Gasteiger partial charge in [-0.25, -0.2) is 0 Å². The summed E-state index contributed by atoms with van der Waals surface area (Å²) in [7, 11) is 0. The fourth-order valence-corrected chi connectivity index (χ4v) is 4.87. The van der Waals surface area contributed by atoms with E-state index in [-0.39, 0.29) is 12.1 Å². The van der Waals surface area contributed by atoms with Crippen molar-refractivity contribution in [2.45, 2.75) is 19.0 Å². The quantitative estimate of drug-likeness (QED) is 0.350. The summed E-state index contributed by atoms with van der Waals surface area (Å²) in [6, 6.07) is 27.0. The molecule has 1 N–H and O–H groups in total. The van der Waals surface area contributed by atoms with E-state index in [4.69, 9.17) is 12.2 Å². The number of aryl methyl sites for hydroxylation is 1. The van der Waals surface area contributed by atoms with Crippen molar-refractivity contribution in [2.75, 3.05) is 4.90 Å². The van der Waals surface area contributed by atoms with Gasteiger partial charge in [0.2, 0.25) is 0 Å². The van der Waals surface area contributed by atoms with Gasteiger partial charge in [0.05, 0.1) is 11.7 Å². The molecule has 4 nitrogen and oxygen atoms in total. The van der Waals surface area contributed by atoms with Gasteiger partial charge in [-0.2, -0.15) is 0 Å². The van der Waals surface area contributed by atoms with Crippen LogP contribution >= 0.6 is 28.1 Å². The van der Waals surface area contributed by atoms with Gasteiger partial charge in [0.25, 0.3) is 0 Å². The van der Waals surface area contributed by atoms with Gasteiger partial charge in [-0.15, -0.1) is 0 Å². The van der Waals surface area contributed by atoms with Gasteiger partial charge in [-0.3, -0.25) is 4.98 Å². The summed E-state index contributed by atoms with van der Waals surface area (Å²) in [6.07, 6.45) is 3.93. The Morgan fingerprint density at radius 1 is 0.935 bits per heavy atom. The fraction of sp³-hybridized carbons (Fsp3) is 0.120. The molecule has 2 aromatic carbocycles. The Hall–Kier alpha value is -2.96. The molecule has 0 bridgehead atoms. The highest BCUT2D eigenvalue weighted by Crippen LogP contribution is 2.42. The van der Waals surface area contributed by atoms with E-state index in [1.807, 2.05) is 24.4 Å². The maximum Gasteiger partial charge on any atom is 0.174 e. The molecule has 0 unspecified atom stereocenters. The zero-order chi connectivity index (χ0) is 21.4. The molecule has 1 aliphatic heterocycles. The lowest BCUT2D eigenvalue weighted by atomic mass is 10.0. The minimum absolute atomic E-state index is 0.0564. The molecule has 1 aliphatic rings. The molecule has 0 aliphatic carbocycles. The van der Waals surface area contributed by atoms with Crippen LogP contribution in [0.4, 0.5) is 5.69 Å². The van der Waals surface area contributed by atoms with Crippen molar-refractivity contribution >= 4 is 38.9 Å². The fourth-order valence-electron chi connectivity index (χ4n) is 4.14. The lowest BCUT2D eigenvalue weighted by molar-refractivity contribution is 0.549. The summed E-state index contributed by atoms with van der Waals surface area (Å²) < 4.78 is 3.27. The maximum atomic E-state index is 5.83. The van der Waals surface area contributed by atoms with Crippen LogP contribution in [0.15, 0.2) is 95.7 Å². The number of hydrogen-bond acceptors (Lipinski definition) is 2. The number of aromatic nitrogens is 2. The van der Waals surface area contributed by atoms with Crippen molar-refractivity contribution < 1.29 is 0 Å². The van der Waals surface area contributed by atoms with Crippen LogP contribution in [-0.4, -0.2) is 14.7 Å². The number of pyridine rings is 1. The third kappa shape index (κ3) is 3.77. The molecule has 0 amide bonds. The summed E-state index contributed by atoms with van der Waals surface area (Å²) in [5, 5.41) is 4.23. The second kappa shape index (κ2) is 8.29. The van der Waals surface area contributed by atoms with Gasteiger partial charge >= 0.3 is 0 Å². The second-order valence-corrected chi connectivity index (χ2v) is 8.92. The third-order valence-electron chi connectivity index (χ3n) is 5.58. The highest BCUT2D eigenvalue weighted by atomic mass is 79.9. The lowest BCUT2D eigenvalue weighted by Crippen LogP contribution is -2.30. The molecule has 154 valence electrons. The summed E-state index contributed by atoms with van der Waals surface area (Å²) in [5.41, 5.74) is 5.48. The normalized spacial score (nSPS) is 18.3. The first-order chi connectivity index (χ1) is 15.1. The summed E-state index contributed by atoms with van der Waals surface area (Å²) in [4.78, 5) is 6.85. The number of nitrogens with zero attached hydrogens (tertiary/aromatic N) is 3.